The molecule has 81 heavy (non-hydrogen) atoms. The van der Waals surface area contributed by atoms with Crippen molar-refractivity contribution in [1.29, 1.82) is 0 Å². The number of fused-ring (bicyclic) bond motifs is 2. The second-order valence-corrected chi connectivity index (χ2v) is 22.1. The van der Waals surface area contributed by atoms with E-state index in [1.54, 1.807) is 54.5 Å². The summed E-state index contributed by atoms with van der Waals surface area (Å²) in [7, 11) is 2.56. The molecule has 6 atom stereocenters. The van der Waals surface area contributed by atoms with E-state index in [1.807, 2.05) is 4.90 Å². The van der Waals surface area contributed by atoms with E-state index in [9.17, 15) is 37.5 Å². The average molecular weight is 1130 g/mol. The number of nitrogens with zero attached hydrogens (tertiary/aromatic N) is 8. The van der Waals surface area contributed by atoms with Gasteiger partial charge in [-0.15, -0.1) is 0 Å². The maximum Gasteiger partial charge on any atom is 0.416 e. The summed E-state index contributed by atoms with van der Waals surface area (Å²) in [6.45, 7) is 8.57. The Morgan fingerprint density at radius 1 is 0.654 bits per heavy atom. The van der Waals surface area contributed by atoms with Crippen LogP contribution in [0.4, 0.5) is 57.4 Å². The largest absolute Gasteiger partial charge is 0.465 e. The molecule has 4 aliphatic rings. The number of nitrogens with one attached hydrogen (secondary N) is 3. The van der Waals surface area contributed by atoms with E-state index in [2.05, 4.69) is 15.3 Å². The van der Waals surface area contributed by atoms with E-state index in [-0.39, 0.29) is 96.2 Å². The number of piperazine rings is 1. The van der Waals surface area contributed by atoms with E-state index in [1.165, 1.54) is 43.3 Å². The molecule has 4 aliphatic heterocycles. The van der Waals surface area contributed by atoms with Gasteiger partial charge in [0.05, 0.1) is 58.9 Å². The van der Waals surface area contributed by atoms with Gasteiger partial charge in [-0.25, -0.2) is 37.1 Å². The quantitative estimate of drug-likeness (QED) is 0.0806. The number of rotatable bonds is 13. The van der Waals surface area contributed by atoms with Gasteiger partial charge in [-0.3, -0.25) is 14.5 Å². The molecular formula is C57H64F7N11O6. The number of carbonyl (C=O) groups excluding carboxylic acids is 3. The van der Waals surface area contributed by atoms with Crippen LogP contribution in [-0.2, 0) is 20.5 Å². The molecule has 4 N–H and O–H groups in total. The molecule has 4 saturated heterocycles. The zero-order valence-electron chi connectivity index (χ0n) is 45.6. The minimum Gasteiger partial charge on any atom is -0.465 e. The number of ether oxygens (including phenoxy) is 1. The second kappa shape index (κ2) is 22.3. The summed E-state index contributed by atoms with van der Waals surface area (Å²) in [5.74, 6) is -3.88. The molecule has 0 spiro atoms. The van der Waals surface area contributed by atoms with Crippen molar-refractivity contribution in [2.45, 2.75) is 109 Å². The summed E-state index contributed by atoms with van der Waals surface area (Å²) in [4.78, 5) is 77.5. The number of aromatic amines is 2. The number of likely N-dealkylation sites (tertiary alicyclic amines) is 2. The minimum atomic E-state index is -4.51. The maximum atomic E-state index is 17.0. The number of alkyl carbamates (subject to hydrolysis) is 1. The molecule has 0 bridgehead atoms. The number of methoxy groups -OCH3 is 1. The first-order valence-corrected chi connectivity index (χ1v) is 27.3. The third kappa shape index (κ3) is 10.8. The number of halogens is 7. The van der Waals surface area contributed by atoms with E-state index in [0.717, 1.165) is 29.2 Å². The number of benzene rings is 4. The van der Waals surface area contributed by atoms with Gasteiger partial charge in [-0.1, -0.05) is 27.7 Å². The van der Waals surface area contributed by atoms with Crippen molar-refractivity contribution in [2.75, 3.05) is 68.1 Å². The number of H-pyrrole nitrogens is 2. The highest BCUT2D eigenvalue weighted by Crippen LogP contribution is 2.50. The number of likely N-dealkylation sites (N-methyl/N-ethyl adjacent to an activating group) is 1. The number of anilines is 3. The number of imidazole rings is 2. The Kier molecular flexibility index (Phi) is 15.5. The minimum absolute atomic E-state index is 0.00856. The van der Waals surface area contributed by atoms with E-state index < -0.39 is 83.4 Å². The molecule has 0 aliphatic carbocycles. The molecule has 0 radical (unpaired) electrons. The number of hydrogen-bond acceptors (Lipinski definition) is 10. The summed E-state index contributed by atoms with van der Waals surface area (Å²) < 4.78 is 112. The predicted octanol–water partition coefficient (Wildman–Crippen LogP) is 10.8. The van der Waals surface area contributed by atoms with Gasteiger partial charge in [-0.2, -0.15) is 13.2 Å². The van der Waals surface area contributed by atoms with Crippen LogP contribution < -0.4 is 20.0 Å². The third-order valence-electron chi connectivity index (χ3n) is 16.5. The zero-order chi connectivity index (χ0) is 57.9. The van der Waals surface area contributed by atoms with Gasteiger partial charge in [-0.05, 0) is 98.9 Å². The molecule has 432 valence electrons. The summed E-state index contributed by atoms with van der Waals surface area (Å²) in [5.41, 5.74) is 0.919. The molecule has 4 amide bonds. The van der Waals surface area contributed by atoms with Gasteiger partial charge in [0.1, 0.15) is 41.1 Å². The maximum absolute atomic E-state index is 17.0. The van der Waals surface area contributed by atoms with Crippen molar-refractivity contribution in [2.24, 2.45) is 11.8 Å². The van der Waals surface area contributed by atoms with Crippen molar-refractivity contribution in [1.82, 2.24) is 40.0 Å². The number of aromatic nitrogens is 4. The smallest absolute Gasteiger partial charge is 0.416 e. The zero-order valence-corrected chi connectivity index (χ0v) is 45.6. The fourth-order valence-corrected chi connectivity index (χ4v) is 12.5. The van der Waals surface area contributed by atoms with Gasteiger partial charge in [0.15, 0.2) is 11.6 Å². The van der Waals surface area contributed by atoms with Crippen LogP contribution in [0.25, 0.3) is 22.1 Å². The molecule has 6 heterocycles. The molecule has 17 nitrogen and oxygen atoms in total. The Hall–Kier alpha value is -7.79. The molecular weight excluding hydrogens is 1070 g/mol. The standard InChI is InChI=1S/C57H64F7N11O6/c1-29(2)48(69-55(78)81-6)53(76)73-17-7-9-46(73)51-65-40-25-34(36(58)27-42(40)67-51)44-15-16-45(35-26-41-43(28-37(35)59)68-52(66-41)47-10-8-18-74(47)54(77)49(30(3)4)70(5)56(79)80)75(44)33-23-38(60)50(39(61)24-33)72-21-19-71(20-22-72)32-13-11-31(12-14-32)57(62,63)64/h11-14,23-30,44-49H,7-10,15-22H2,1-6H3,(H,65,67)(H,66,68)(H,69,78)(H,79,80)/t44-,45-,46+,47+,48+,49+/m1/s1. The van der Waals surface area contributed by atoms with Crippen molar-refractivity contribution in [3.05, 3.63) is 112 Å². The number of amides is 4. The Labute approximate surface area is 462 Å². The van der Waals surface area contributed by atoms with E-state index in [4.69, 9.17) is 14.7 Å². The average Bonchev–Trinajstić information content (AvgIpc) is 4.35. The fraction of sp³-hybridized carbons (Fsp3) is 0.474. The Morgan fingerprint density at radius 2 is 1.15 bits per heavy atom. The monoisotopic (exact) mass is 1130 g/mol. The van der Waals surface area contributed by atoms with Crippen molar-refractivity contribution >= 4 is 63.1 Å². The predicted molar refractivity (Wildman–Crippen MR) is 287 cm³/mol. The number of carbonyl (C=O) groups is 4. The number of hydrogen-bond donors (Lipinski definition) is 4. The van der Waals surface area contributed by atoms with E-state index >= 15 is 17.6 Å². The Balaban J connectivity index is 0.989. The fourth-order valence-electron chi connectivity index (χ4n) is 12.5. The topological polar surface area (TPSA) is 187 Å². The third-order valence-corrected chi connectivity index (χ3v) is 16.5. The van der Waals surface area contributed by atoms with Crippen LogP contribution in [0.15, 0.2) is 60.7 Å². The van der Waals surface area contributed by atoms with Crippen LogP contribution >= 0.6 is 0 Å². The lowest BCUT2D eigenvalue weighted by atomic mass is 10.0. The second-order valence-electron chi connectivity index (χ2n) is 22.1. The highest BCUT2D eigenvalue weighted by molar-refractivity contribution is 5.87. The first-order chi connectivity index (χ1) is 38.5. The molecule has 0 saturated carbocycles. The molecule has 0 unspecified atom stereocenters. The molecule has 4 aromatic carbocycles. The van der Waals surface area contributed by atoms with Gasteiger partial charge in [0.2, 0.25) is 11.8 Å². The normalized spacial score (nSPS) is 20.6. The highest BCUT2D eigenvalue weighted by atomic mass is 19.4. The molecule has 4 fully saturated rings. The van der Waals surface area contributed by atoms with Gasteiger partial charge in [0.25, 0.3) is 0 Å². The van der Waals surface area contributed by atoms with E-state index in [0.29, 0.717) is 67.1 Å². The summed E-state index contributed by atoms with van der Waals surface area (Å²) in [6.07, 6.45) is -3.89. The van der Waals surface area contributed by atoms with Gasteiger partial charge >= 0.3 is 18.4 Å². The van der Waals surface area contributed by atoms with Crippen molar-refractivity contribution < 1.29 is 59.8 Å². The molecule has 2 aromatic heterocycles. The lowest BCUT2D eigenvalue weighted by Gasteiger charge is -2.38. The summed E-state index contributed by atoms with van der Waals surface area (Å²) in [5, 5.41) is 12.4. The number of alkyl halides is 3. The lowest BCUT2D eigenvalue weighted by Crippen LogP contribution is -2.51. The van der Waals surface area contributed by atoms with Crippen molar-refractivity contribution in [3.8, 4) is 0 Å². The summed E-state index contributed by atoms with van der Waals surface area (Å²) >= 11 is 0. The van der Waals surface area contributed by atoms with Gasteiger partial charge < -0.3 is 49.6 Å². The van der Waals surface area contributed by atoms with Crippen LogP contribution in [0.1, 0.15) is 119 Å². The number of carboxylic acid groups (broad SMARTS) is 1. The Bertz CT molecular complexity index is 3340. The van der Waals surface area contributed by atoms with Crippen molar-refractivity contribution in [3.63, 3.8) is 0 Å². The van der Waals surface area contributed by atoms with Crippen LogP contribution in [0.3, 0.4) is 0 Å². The summed E-state index contributed by atoms with van der Waals surface area (Å²) in [6, 6.07) is 7.73. The first kappa shape index (κ1) is 56.5. The first-order valence-electron chi connectivity index (χ1n) is 27.3. The van der Waals surface area contributed by atoms with Crippen LogP contribution in [0, 0.1) is 35.1 Å². The molecule has 6 aromatic rings. The lowest BCUT2D eigenvalue weighted by molar-refractivity contribution is -0.139. The van der Waals surface area contributed by atoms with Gasteiger partial charge in [0, 0.05) is 81.0 Å². The Morgan fingerprint density at radius 3 is 1.60 bits per heavy atom. The molecule has 24 heteroatoms. The van der Waals surface area contributed by atoms with Crippen LogP contribution in [0.5, 0.6) is 0 Å². The SMILES string of the molecule is COC(=O)N[C@H](C(=O)N1CCC[C@H]1c1nc2cc(F)c([C@H]3CC[C@H](c4cc5[nH]c([C@@H]6CCCN6C(=O)[C@H](C(C)C)N(C)C(=O)O)nc5cc4F)N3c3cc(F)c(N4CCN(c5ccc(C(F)(F)F)cc5)CC4)c(F)c3)cc2[nH]1)C(C)C. The molecule has 10 rings (SSSR count). The highest BCUT2D eigenvalue weighted by Gasteiger charge is 2.43. The van der Waals surface area contributed by atoms with Crippen LogP contribution in [0.2, 0.25) is 0 Å². The van der Waals surface area contributed by atoms with Crippen LogP contribution in [-0.4, -0.2) is 129 Å².